The zero-order chi connectivity index (χ0) is 17.0. The van der Waals surface area contributed by atoms with Crippen molar-refractivity contribution in [3.05, 3.63) is 59.2 Å². The molecule has 0 saturated heterocycles. The first-order valence-electron chi connectivity index (χ1n) is 7.26. The number of nitrogen functional groups attached to an aromatic ring is 1. The lowest BCUT2D eigenvalue weighted by Crippen LogP contribution is -2.21. The van der Waals surface area contributed by atoms with Crippen molar-refractivity contribution < 1.29 is 19.7 Å². The fourth-order valence-corrected chi connectivity index (χ4v) is 2.61. The Morgan fingerprint density at radius 2 is 1.96 bits per heavy atom. The highest BCUT2D eigenvalue weighted by Crippen LogP contribution is 2.31. The van der Waals surface area contributed by atoms with Crippen LogP contribution in [0.2, 0.25) is 0 Å². The molecule has 0 amide bonds. The van der Waals surface area contributed by atoms with Gasteiger partial charge in [0.2, 0.25) is 0 Å². The number of carbonyl (C=O) groups excluding carboxylic acids is 1. The lowest BCUT2D eigenvalue weighted by atomic mass is 9.78. The van der Waals surface area contributed by atoms with Gasteiger partial charge in [0.15, 0.2) is 0 Å². The first-order chi connectivity index (χ1) is 10.9. The monoisotopic (exact) mass is 315 g/mol. The van der Waals surface area contributed by atoms with Crippen molar-refractivity contribution in [1.29, 1.82) is 0 Å². The molecule has 0 saturated carbocycles. The average molecular weight is 315 g/mol. The molecule has 0 aliphatic carbocycles. The summed E-state index contributed by atoms with van der Waals surface area (Å²) in [4.78, 5) is 15.1. The number of benzene rings is 2. The zero-order valence-corrected chi connectivity index (χ0v) is 13.5. The van der Waals surface area contributed by atoms with Gasteiger partial charge in [-0.1, -0.05) is 32.0 Å². The van der Waals surface area contributed by atoms with Crippen LogP contribution in [0, 0.1) is 0 Å². The third kappa shape index (κ3) is 3.81. The smallest absolute Gasteiger partial charge is 0.374 e. The summed E-state index contributed by atoms with van der Waals surface area (Å²) in [5, 5.41) is 8.47. The Hall–Kier alpha value is -2.53. The third-order valence-electron chi connectivity index (χ3n) is 3.92. The first-order valence-corrected chi connectivity index (χ1v) is 7.26. The zero-order valence-electron chi connectivity index (χ0n) is 13.5. The van der Waals surface area contributed by atoms with Crippen LogP contribution in [0.25, 0.3) is 0 Å². The summed E-state index contributed by atoms with van der Waals surface area (Å²) < 4.78 is 5.25. The van der Waals surface area contributed by atoms with Crippen molar-refractivity contribution in [3.8, 4) is 5.75 Å². The summed E-state index contributed by atoms with van der Waals surface area (Å²) in [5.41, 5.74) is 8.27. The number of hydrogen-bond acceptors (Lipinski definition) is 5. The van der Waals surface area contributed by atoms with Gasteiger partial charge < -0.3 is 10.5 Å². The molecule has 5 nitrogen and oxygen atoms in total. The molecule has 0 atom stereocenters. The van der Waals surface area contributed by atoms with Gasteiger partial charge in [0.1, 0.15) is 5.75 Å². The van der Waals surface area contributed by atoms with Gasteiger partial charge in [-0.15, -0.1) is 0 Å². The van der Waals surface area contributed by atoms with Gasteiger partial charge in [-0.25, -0.2) is 4.79 Å². The maximum atomic E-state index is 11.4. The fraction of sp³-hybridized carbons (Fsp3) is 0.278. The molecular weight excluding hydrogens is 294 g/mol. The highest BCUT2D eigenvalue weighted by molar-refractivity contribution is 5.94. The van der Waals surface area contributed by atoms with Crippen LogP contribution in [0.15, 0.2) is 42.5 Å². The van der Waals surface area contributed by atoms with Crippen LogP contribution in [0.1, 0.15) is 35.3 Å². The summed E-state index contributed by atoms with van der Waals surface area (Å²) in [5.74, 6) is -0.0431. The molecule has 2 aromatic carbocycles. The molecule has 23 heavy (non-hydrogen) atoms. The van der Waals surface area contributed by atoms with Gasteiger partial charge >= 0.3 is 5.97 Å². The second kappa shape index (κ2) is 6.71. The van der Waals surface area contributed by atoms with E-state index in [4.69, 9.17) is 15.7 Å². The molecular formula is C18H21NO4. The summed E-state index contributed by atoms with van der Waals surface area (Å²) in [7, 11) is 1.64. The summed E-state index contributed by atoms with van der Waals surface area (Å²) in [6.45, 7) is 4.20. The number of carbonyl (C=O) groups is 1. The molecule has 0 radical (unpaired) electrons. The average Bonchev–Trinajstić information content (AvgIpc) is 2.53. The minimum atomic E-state index is -0.861. The molecule has 0 unspecified atom stereocenters. The predicted octanol–water partition coefficient (Wildman–Crippen LogP) is 3.43. The number of nitrogens with two attached hydrogens (primary N) is 1. The molecule has 0 aliphatic rings. The largest absolute Gasteiger partial charge is 0.497 e. The third-order valence-corrected chi connectivity index (χ3v) is 3.92. The maximum absolute atomic E-state index is 11.4. The van der Waals surface area contributed by atoms with E-state index in [0.29, 0.717) is 0 Å². The van der Waals surface area contributed by atoms with E-state index in [1.54, 1.807) is 19.2 Å². The predicted molar refractivity (Wildman–Crippen MR) is 88.6 cm³/mol. The minimum absolute atomic E-state index is 0.147. The molecule has 2 aromatic rings. The van der Waals surface area contributed by atoms with Crippen molar-refractivity contribution in [2.75, 3.05) is 12.8 Å². The molecule has 0 aliphatic heterocycles. The van der Waals surface area contributed by atoms with E-state index in [1.165, 1.54) is 0 Å². The van der Waals surface area contributed by atoms with Crippen molar-refractivity contribution in [1.82, 2.24) is 0 Å². The highest BCUT2D eigenvalue weighted by Gasteiger charge is 2.23. The molecule has 3 N–H and O–H groups in total. The van der Waals surface area contributed by atoms with Gasteiger partial charge in [0, 0.05) is 5.69 Å². The van der Waals surface area contributed by atoms with Crippen LogP contribution >= 0.6 is 0 Å². The number of anilines is 1. The molecule has 0 aromatic heterocycles. The number of hydrogen-bond donors (Lipinski definition) is 2. The molecule has 0 fully saturated rings. The normalized spacial score (nSPS) is 11.1. The van der Waals surface area contributed by atoms with Gasteiger partial charge in [-0.05, 0) is 47.2 Å². The maximum Gasteiger partial charge on any atom is 0.374 e. The first kappa shape index (κ1) is 16.8. The van der Waals surface area contributed by atoms with Crippen molar-refractivity contribution in [2.24, 2.45) is 0 Å². The topological polar surface area (TPSA) is 81.8 Å². The quantitative estimate of drug-likeness (QED) is 0.502. The Morgan fingerprint density at radius 1 is 1.22 bits per heavy atom. The van der Waals surface area contributed by atoms with Crippen molar-refractivity contribution in [2.45, 2.75) is 25.7 Å². The van der Waals surface area contributed by atoms with E-state index in [1.807, 2.05) is 30.3 Å². The van der Waals surface area contributed by atoms with E-state index < -0.39 is 5.97 Å². The standard InChI is InChI=1S/C18H21NO4/c1-18(2,11-12-5-4-6-14(9-12)22-3)13-7-8-15(16(19)10-13)17(20)23-21/h4-10,21H,11,19H2,1-3H3. The number of ether oxygens (including phenoxy) is 1. The van der Waals surface area contributed by atoms with Crippen LogP contribution in [0.4, 0.5) is 5.69 Å². The van der Waals surface area contributed by atoms with Crippen molar-refractivity contribution in [3.63, 3.8) is 0 Å². The molecule has 0 spiro atoms. The Bertz CT molecular complexity index is 710. The Kier molecular flexibility index (Phi) is 4.91. The lowest BCUT2D eigenvalue weighted by Gasteiger charge is -2.26. The van der Waals surface area contributed by atoms with Crippen LogP contribution in [0.5, 0.6) is 5.75 Å². The van der Waals surface area contributed by atoms with Gasteiger partial charge in [0.05, 0.1) is 12.7 Å². The number of methoxy groups -OCH3 is 1. The van der Waals surface area contributed by atoms with Crippen LogP contribution in [0.3, 0.4) is 0 Å². The van der Waals surface area contributed by atoms with Gasteiger partial charge in [-0.3, -0.25) is 4.89 Å². The van der Waals surface area contributed by atoms with Crippen LogP contribution < -0.4 is 10.5 Å². The van der Waals surface area contributed by atoms with E-state index in [-0.39, 0.29) is 16.7 Å². The Morgan fingerprint density at radius 3 is 2.57 bits per heavy atom. The molecule has 122 valence electrons. The molecule has 0 heterocycles. The van der Waals surface area contributed by atoms with Gasteiger partial charge in [0.25, 0.3) is 0 Å². The van der Waals surface area contributed by atoms with E-state index >= 15 is 0 Å². The summed E-state index contributed by atoms with van der Waals surface area (Å²) >= 11 is 0. The molecule has 5 heteroatoms. The van der Waals surface area contributed by atoms with Crippen LogP contribution in [-0.2, 0) is 16.7 Å². The SMILES string of the molecule is COc1cccc(CC(C)(C)c2ccc(C(=O)OO)c(N)c2)c1. The van der Waals surface area contributed by atoms with Crippen LogP contribution in [-0.4, -0.2) is 18.3 Å². The fourth-order valence-electron chi connectivity index (χ4n) is 2.61. The summed E-state index contributed by atoms with van der Waals surface area (Å²) in [6.07, 6.45) is 0.785. The number of rotatable bonds is 5. The van der Waals surface area contributed by atoms with Crippen molar-refractivity contribution >= 4 is 11.7 Å². The Balaban J connectivity index is 2.28. The van der Waals surface area contributed by atoms with E-state index in [2.05, 4.69) is 18.7 Å². The summed E-state index contributed by atoms with van der Waals surface area (Å²) in [6, 6.07) is 13.0. The van der Waals surface area contributed by atoms with E-state index in [0.717, 1.165) is 23.3 Å². The minimum Gasteiger partial charge on any atom is -0.497 e. The van der Waals surface area contributed by atoms with Gasteiger partial charge in [-0.2, -0.15) is 5.26 Å². The molecule has 2 rings (SSSR count). The second-order valence-corrected chi connectivity index (χ2v) is 6.09. The lowest BCUT2D eigenvalue weighted by molar-refractivity contribution is -0.182. The van der Waals surface area contributed by atoms with E-state index in [9.17, 15) is 4.79 Å². The molecule has 0 bridgehead atoms. The highest BCUT2D eigenvalue weighted by atomic mass is 17.1. The Labute approximate surface area is 135 Å². The second-order valence-electron chi connectivity index (χ2n) is 6.09.